The van der Waals surface area contributed by atoms with Crippen molar-refractivity contribution in [2.24, 2.45) is 11.7 Å². The molecule has 4 nitrogen and oxygen atoms in total. The van der Waals surface area contributed by atoms with Crippen LogP contribution < -0.4 is 11.1 Å². The molecule has 0 aliphatic carbocycles. The van der Waals surface area contributed by atoms with Gasteiger partial charge < -0.3 is 15.8 Å². The average molecular weight is 174 g/mol. The fraction of sp³-hybridized carbons (Fsp3) is 0.875. The van der Waals surface area contributed by atoms with Crippen LogP contribution in [0.1, 0.15) is 13.8 Å². The number of hydrogen-bond acceptors (Lipinski definition) is 3. The van der Waals surface area contributed by atoms with Gasteiger partial charge in [0.1, 0.15) is 6.04 Å². The van der Waals surface area contributed by atoms with Crippen molar-refractivity contribution in [3.63, 3.8) is 0 Å². The van der Waals surface area contributed by atoms with Crippen molar-refractivity contribution < 1.29 is 9.53 Å². The first-order valence-electron chi connectivity index (χ1n) is 4.10. The van der Waals surface area contributed by atoms with E-state index in [0.717, 1.165) is 0 Å². The molecule has 0 saturated carbocycles. The Kier molecular flexibility index (Phi) is 5.66. The number of rotatable bonds is 5. The van der Waals surface area contributed by atoms with Crippen LogP contribution >= 0.6 is 0 Å². The normalized spacial score (nSPS) is 13.1. The summed E-state index contributed by atoms with van der Waals surface area (Å²) in [6.45, 7) is 4.99. The van der Waals surface area contributed by atoms with Crippen LogP contribution in [-0.4, -0.2) is 32.2 Å². The van der Waals surface area contributed by atoms with Crippen molar-refractivity contribution in [1.29, 1.82) is 0 Å². The summed E-state index contributed by atoms with van der Waals surface area (Å²) in [4.78, 5) is 11.1. The number of ether oxygens (including phenoxy) is 1. The number of methoxy groups -OCH3 is 1. The minimum Gasteiger partial charge on any atom is -0.383 e. The van der Waals surface area contributed by atoms with E-state index in [1.807, 2.05) is 13.8 Å². The number of nitrogens with two attached hydrogens (primary N) is 1. The van der Waals surface area contributed by atoms with E-state index >= 15 is 0 Å². The number of carbonyl (C=O) groups is 1. The summed E-state index contributed by atoms with van der Waals surface area (Å²) in [5.74, 6) is 0.300. The Bertz CT molecular complexity index is 137. The Labute approximate surface area is 73.5 Å². The van der Waals surface area contributed by atoms with Gasteiger partial charge in [-0.1, -0.05) is 13.8 Å². The lowest BCUT2D eigenvalue weighted by Crippen LogP contribution is -2.44. The molecular weight excluding hydrogens is 156 g/mol. The highest BCUT2D eigenvalue weighted by Gasteiger charge is 2.11. The van der Waals surface area contributed by atoms with Crippen LogP contribution in [0.15, 0.2) is 0 Å². The van der Waals surface area contributed by atoms with E-state index < -0.39 is 6.04 Å². The molecule has 0 aromatic rings. The molecule has 3 N–H and O–H groups in total. The second-order valence-corrected chi connectivity index (χ2v) is 3.20. The zero-order valence-corrected chi connectivity index (χ0v) is 7.96. The van der Waals surface area contributed by atoms with Gasteiger partial charge in [-0.2, -0.15) is 0 Å². The van der Waals surface area contributed by atoms with Crippen LogP contribution in [0.25, 0.3) is 0 Å². The maximum absolute atomic E-state index is 11.1. The van der Waals surface area contributed by atoms with Gasteiger partial charge in [0.15, 0.2) is 0 Å². The van der Waals surface area contributed by atoms with Crippen molar-refractivity contribution in [1.82, 2.24) is 5.32 Å². The van der Waals surface area contributed by atoms with Crippen molar-refractivity contribution in [3.8, 4) is 0 Å². The molecule has 1 atom stereocenters. The SMILES string of the molecule is COCC(N)C(=O)NCC(C)C. The predicted molar refractivity (Wildman–Crippen MR) is 47.7 cm³/mol. The lowest BCUT2D eigenvalue weighted by molar-refractivity contribution is -0.123. The molecule has 0 aliphatic heterocycles. The molecule has 0 radical (unpaired) electrons. The van der Waals surface area contributed by atoms with Gasteiger partial charge in [0, 0.05) is 13.7 Å². The van der Waals surface area contributed by atoms with E-state index in [2.05, 4.69) is 5.32 Å². The van der Waals surface area contributed by atoms with Crippen LogP contribution in [0, 0.1) is 5.92 Å². The molecule has 0 spiro atoms. The standard InChI is InChI=1S/C8H18N2O2/c1-6(2)4-10-8(11)7(9)5-12-3/h6-7H,4-5,9H2,1-3H3,(H,10,11). The average Bonchev–Trinajstić information content (AvgIpc) is 2.00. The molecule has 0 heterocycles. The van der Waals surface area contributed by atoms with E-state index in [1.165, 1.54) is 7.11 Å². The minimum absolute atomic E-state index is 0.148. The van der Waals surface area contributed by atoms with E-state index in [0.29, 0.717) is 12.5 Å². The Balaban J connectivity index is 3.57. The third kappa shape index (κ3) is 5.09. The first kappa shape index (κ1) is 11.4. The zero-order chi connectivity index (χ0) is 9.56. The Hall–Kier alpha value is -0.610. The van der Waals surface area contributed by atoms with Gasteiger partial charge in [0.25, 0.3) is 0 Å². The molecule has 0 bridgehead atoms. The van der Waals surface area contributed by atoms with Gasteiger partial charge in [-0.25, -0.2) is 0 Å². The highest BCUT2D eigenvalue weighted by molar-refractivity contribution is 5.81. The maximum atomic E-state index is 11.1. The molecule has 0 fully saturated rings. The molecule has 1 amide bonds. The van der Waals surface area contributed by atoms with Gasteiger partial charge in [0.2, 0.25) is 5.91 Å². The van der Waals surface area contributed by atoms with E-state index in [-0.39, 0.29) is 12.5 Å². The quantitative estimate of drug-likeness (QED) is 0.603. The molecule has 72 valence electrons. The van der Waals surface area contributed by atoms with Gasteiger partial charge in [-0.3, -0.25) is 4.79 Å². The van der Waals surface area contributed by atoms with Crippen molar-refractivity contribution in [3.05, 3.63) is 0 Å². The third-order valence-corrected chi connectivity index (χ3v) is 1.37. The second-order valence-electron chi connectivity index (χ2n) is 3.20. The van der Waals surface area contributed by atoms with Crippen LogP contribution in [0.2, 0.25) is 0 Å². The molecule has 0 aliphatic rings. The lowest BCUT2D eigenvalue weighted by Gasteiger charge is -2.12. The molecule has 12 heavy (non-hydrogen) atoms. The summed E-state index contributed by atoms with van der Waals surface area (Å²) in [6.07, 6.45) is 0. The summed E-state index contributed by atoms with van der Waals surface area (Å²) in [5.41, 5.74) is 5.48. The first-order chi connectivity index (χ1) is 5.57. The number of amides is 1. The maximum Gasteiger partial charge on any atom is 0.239 e. The largest absolute Gasteiger partial charge is 0.383 e. The Morgan fingerprint density at radius 1 is 1.58 bits per heavy atom. The Morgan fingerprint density at radius 3 is 2.58 bits per heavy atom. The van der Waals surface area contributed by atoms with Crippen LogP contribution in [0.4, 0.5) is 0 Å². The highest BCUT2D eigenvalue weighted by atomic mass is 16.5. The summed E-state index contributed by atoms with van der Waals surface area (Å²) in [6, 6.07) is -0.547. The summed E-state index contributed by atoms with van der Waals surface area (Å²) in [7, 11) is 1.52. The third-order valence-electron chi connectivity index (χ3n) is 1.37. The van der Waals surface area contributed by atoms with E-state index in [9.17, 15) is 4.79 Å². The minimum atomic E-state index is -0.547. The summed E-state index contributed by atoms with van der Waals surface area (Å²) < 4.78 is 4.75. The number of hydrogen-bond donors (Lipinski definition) is 2. The smallest absolute Gasteiger partial charge is 0.239 e. The molecular formula is C8H18N2O2. The molecule has 0 saturated heterocycles. The zero-order valence-electron chi connectivity index (χ0n) is 7.96. The van der Waals surface area contributed by atoms with Crippen molar-refractivity contribution in [2.75, 3.05) is 20.3 Å². The molecule has 0 rings (SSSR count). The molecule has 0 aromatic heterocycles. The Morgan fingerprint density at radius 2 is 2.17 bits per heavy atom. The van der Waals surface area contributed by atoms with Crippen LogP contribution in [0.5, 0.6) is 0 Å². The topological polar surface area (TPSA) is 64.3 Å². The fourth-order valence-corrected chi connectivity index (χ4v) is 0.691. The highest BCUT2D eigenvalue weighted by Crippen LogP contribution is 1.88. The molecule has 4 heteroatoms. The van der Waals surface area contributed by atoms with Gasteiger partial charge in [-0.05, 0) is 5.92 Å². The van der Waals surface area contributed by atoms with Gasteiger partial charge in [-0.15, -0.1) is 0 Å². The monoisotopic (exact) mass is 174 g/mol. The van der Waals surface area contributed by atoms with Crippen LogP contribution in [0.3, 0.4) is 0 Å². The summed E-state index contributed by atoms with van der Waals surface area (Å²) >= 11 is 0. The lowest BCUT2D eigenvalue weighted by atomic mass is 10.2. The fourth-order valence-electron chi connectivity index (χ4n) is 0.691. The van der Waals surface area contributed by atoms with Crippen LogP contribution in [-0.2, 0) is 9.53 Å². The predicted octanol–water partition coefficient (Wildman–Crippen LogP) is -0.268. The summed E-state index contributed by atoms with van der Waals surface area (Å²) in [5, 5.41) is 2.72. The number of nitrogens with one attached hydrogen (secondary N) is 1. The number of carbonyl (C=O) groups excluding carboxylic acids is 1. The van der Waals surface area contributed by atoms with Crippen molar-refractivity contribution in [2.45, 2.75) is 19.9 Å². The second kappa shape index (κ2) is 5.97. The van der Waals surface area contributed by atoms with E-state index in [4.69, 9.17) is 10.5 Å². The molecule has 1 unspecified atom stereocenters. The van der Waals surface area contributed by atoms with Gasteiger partial charge in [0.05, 0.1) is 6.61 Å². The van der Waals surface area contributed by atoms with E-state index in [1.54, 1.807) is 0 Å². The molecule has 0 aromatic carbocycles. The first-order valence-corrected chi connectivity index (χ1v) is 4.10. The van der Waals surface area contributed by atoms with Gasteiger partial charge >= 0.3 is 0 Å². The van der Waals surface area contributed by atoms with Crippen molar-refractivity contribution >= 4 is 5.91 Å².